The molecule has 0 spiro atoms. The van der Waals surface area contributed by atoms with Crippen molar-refractivity contribution in [1.29, 1.82) is 0 Å². The van der Waals surface area contributed by atoms with Crippen LogP contribution in [0.25, 0.3) is 6.08 Å². The number of hydrogen-bond acceptors (Lipinski definition) is 3. The summed E-state index contributed by atoms with van der Waals surface area (Å²) in [6.07, 6.45) is 4.25. The minimum Gasteiger partial charge on any atom is -0.480 e. The molecule has 0 saturated carbocycles. The Balaban J connectivity index is 1.84. The predicted octanol–water partition coefficient (Wildman–Crippen LogP) is 3.62. The smallest absolute Gasteiger partial charge is 0.319 e. The lowest BCUT2D eigenvalue weighted by Crippen LogP contribution is -2.54. The Morgan fingerprint density at radius 1 is 1.04 bits per heavy atom. The van der Waals surface area contributed by atoms with Crippen molar-refractivity contribution < 1.29 is 19.5 Å². The quantitative estimate of drug-likeness (QED) is 0.650. The van der Waals surface area contributed by atoms with Crippen LogP contribution in [-0.4, -0.2) is 34.3 Å². The van der Waals surface area contributed by atoms with Crippen LogP contribution in [0.3, 0.4) is 0 Å². The Labute approximate surface area is 157 Å². The van der Waals surface area contributed by atoms with E-state index < -0.39 is 23.2 Å². The number of hydrogen-bond donors (Lipinski definition) is 1. The molecule has 2 aromatic rings. The lowest BCUT2D eigenvalue weighted by atomic mass is 9.76. The highest BCUT2D eigenvalue weighted by molar-refractivity contribution is 6.12. The molecule has 0 unspecified atom stereocenters. The number of piperidine rings is 1. The Kier molecular flexibility index (Phi) is 5.50. The second kappa shape index (κ2) is 7.99. The number of allylic oxidation sites excluding steroid dienone is 1. The van der Waals surface area contributed by atoms with Crippen LogP contribution < -0.4 is 0 Å². The summed E-state index contributed by atoms with van der Waals surface area (Å²) in [7, 11) is 0. The lowest BCUT2D eigenvalue weighted by Gasteiger charge is -2.37. The molecule has 0 bridgehead atoms. The van der Waals surface area contributed by atoms with Gasteiger partial charge in [-0.05, 0) is 37.0 Å². The predicted molar refractivity (Wildman–Crippen MR) is 102 cm³/mol. The summed E-state index contributed by atoms with van der Waals surface area (Å²) in [5, 5.41) is 9.83. The zero-order valence-corrected chi connectivity index (χ0v) is 14.9. The van der Waals surface area contributed by atoms with Gasteiger partial charge in [-0.2, -0.15) is 0 Å². The molecule has 5 nitrogen and oxygen atoms in total. The van der Waals surface area contributed by atoms with E-state index in [-0.39, 0.29) is 19.4 Å². The summed E-state index contributed by atoms with van der Waals surface area (Å²) in [5.74, 6) is -2.26. The molecule has 1 atom stereocenters. The van der Waals surface area contributed by atoms with Crippen LogP contribution in [0.1, 0.15) is 35.2 Å². The Bertz CT molecular complexity index is 860. The molecule has 1 saturated heterocycles. The summed E-state index contributed by atoms with van der Waals surface area (Å²) in [6.45, 7) is 0.240. The van der Waals surface area contributed by atoms with Gasteiger partial charge in [0.15, 0.2) is 5.41 Å². The largest absolute Gasteiger partial charge is 0.480 e. The lowest BCUT2D eigenvalue weighted by molar-refractivity contribution is -0.162. The van der Waals surface area contributed by atoms with E-state index in [1.165, 1.54) is 0 Å². The maximum atomic E-state index is 13.0. The van der Waals surface area contributed by atoms with Crippen molar-refractivity contribution in [1.82, 2.24) is 4.90 Å². The zero-order chi connectivity index (χ0) is 19.3. The van der Waals surface area contributed by atoms with E-state index in [1.54, 1.807) is 42.5 Å². The SMILES string of the molecule is O=C(c1ccccc1)N1CCC[C@@](CC=Cc2ccccc2)(C(=O)O)C1=O. The normalized spacial score (nSPS) is 20.0. The first-order chi connectivity index (χ1) is 13.0. The van der Waals surface area contributed by atoms with E-state index in [9.17, 15) is 19.5 Å². The molecular weight excluding hydrogens is 342 g/mol. The van der Waals surface area contributed by atoms with Crippen molar-refractivity contribution in [2.45, 2.75) is 19.3 Å². The van der Waals surface area contributed by atoms with Crippen molar-refractivity contribution in [3.05, 3.63) is 77.9 Å². The summed E-state index contributed by atoms with van der Waals surface area (Å²) in [5.41, 5.74) is -0.293. The van der Waals surface area contributed by atoms with Gasteiger partial charge in [0.1, 0.15) is 0 Å². The van der Waals surface area contributed by atoms with Gasteiger partial charge < -0.3 is 5.11 Å². The second-order valence-corrected chi connectivity index (χ2v) is 6.64. The third kappa shape index (κ3) is 3.82. The maximum Gasteiger partial charge on any atom is 0.319 e. The van der Waals surface area contributed by atoms with Crippen molar-refractivity contribution in [2.24, 2.45) is 5.41 Å². The van der Waals surface area contributed by atoms with Gasteiger partial charge in [0.05, 0.1) is 0 Å². The molecular formula is C22H21NO4. The third-order valence-electron chi connectivity index (χ3n) is 4.89. The van der Waals surface area contributed by atoms with Gasteiger partial charge >= 0.3 is 5.97 Å². The number of likely N-dealkylation sites (tertiary alicyclic amines) is 1. The number of benzene rings is 2. The molecule has 0 aliphatic carbocycles. The van der Waals surface area contributed by atoms with Gasteiger partial charge in [-0.25, -0.2) is 0 Å². The zero-order valence-electron chi connectivity index (χ0n) is 14.9. The molecule has 2 amide bonds. The van der Waals surface area contributed by atoms with Crippen molar-refractivity contribution in [2.75, 3.05) is 6.54 Å². The van der Waals surface area contributed by atoms with Crippen LogP contribution in [-0.2, 0) is 9.59 Å². The van der Waals surface area contributed by atoms with E-state index in [2.05, 4.69) is 0 Å². The number of aliphatic carboxylic acids is 1. The third-order valence-corrected chi connectivity index (χ3v) is 4.89. The fourth-order valence-electron chi connectivity index (χ4n) is 3.37. The molecule has 27 heavy (non-hydrogen) atoms. The molecule has 2 aromatic carbocycles. The van der Waals surface area contributed by atoms with Gasteiger partial charge in [0, 0.05) is 12.1 Å². The van der Waals surface area contributed by atoms with Crippen LogP contribution in [0, 0.1) is 5.41 Å². The number of imide groups is 1. The van der Waals surface area contributed by atoms with Crippen LogP contribution >= 0.6 is 0 Å². The highest BCUT2D eigenvalue weighted by atomic mass is 16.4. The highest BCUT2D eigenvalue weighted by Crippen LogP contribution is 2.36. The number of carboxylic acids is 1. The van der Waals surface area contributed by atoms with Gasteiger partial charge in [-0.1, -0.05) is 60.7 Å². The van der Waals surface area contributed by atoms with Crippen molar-refractivity contribution in [3.63, 3.8) is 0 Å². The average molecular weight is 363 g/mol. The Morgan fingerprint density at radius 2 is 1.67 bits per heavy atom. The first-order valence-corrected chi connectivity index (χ1v) is 8.91. The standard InChI is InChI=1S/C22H21NO4/c24-19(18-12-5-2-6-13-18)23-16-8-15-22(20(23)25,21(26)27)14-7-11-17-9-3-1-4-10-17/h1-7,9-13H,8,14-16H2,(H,26,27)/t22-/m1/s1. The van der Waals surface area contributed by atoms with E-state index in [1.807, 2.05) is 30.3 Å². The van der Waals surface area contributed by atoms with E-state index >= 15 is 0 Å². The fraction of sp³-hybridized carbons (Fsp3) is 0.227. The van der Waals surface area contributed by atoms with Crippen LogP contribution in [0.2, 0.25) is 0 Å². The van der Waals surface area contributed by atoms with Crippen LogP contribution in [0.5, 0.6) is 0 Å². The molecule has 5 heteroatoms. The first-order valence-electron chi connectivity index (χ1n) is 8.91. The molecule has 138 valence electrons. The summed E-state index contributed by atoms with van der Waals surface area (Å²) in [6, 6.07) is 17.9. The molecule has 1 heterocycles. The summed E-state index contributed by atoms with van der Waals surface area (Å²) in [4.78, 5) is 38.9. The molecule has 0 aromatic heterocycles. The average Bonchev–Trinajstić information content (AvgIpc) is 2.70. The molecule has 1 aliphatic heterocycles. The number of carbonyl (C=O) groups is 3. The van der Waals surface area contributed by atoms with E-state index in [0.29, 0.717) is 12.0 Å². The van der Waals surface area contributed by atoms with Crippen LogP contribution in [0.15, 0.2) is 66.7 Å². The number of rotatable bonds is 5. The topological polar surface area (TPSA) is 74.7 Å². The minimum atomic E-state index is -1.60. The summed E-state index contributed by atoms with van der Waals surface area (Å²) < 4.78 is 0. The molecule has 0 radical (unpaired) electrons. The van der Waals surface area contributed by atoms with Gasteiger partial charge in [-0.3, -0.25) is 19.3 Å². The summed E-state index contributed by atoms with van der Waals surface area (Å²) >= 11 is 0. The minimum absolute atomic E-state index is 0.0502. The van der Waals surface area contributed by atoms with E-state index in [0.717, 1.165) is 10.5 Å². The highest BCUT2D eigenvalue weighted by Gasteiger charge is 2.51. The molecule has 1 aliphatic rings. The van der Waals surface area contributed by atoms with E-state index in [4.69, 9.17) is 0 Å². The monoisotopic (exact) mass is 363 g/mol. The van der Waals surface area contributed by atoms with Gasteiger partial charge in [-0.15, -0.1) is 0 Å². The number of carboxylic acid groups (broad SMARTS) is 1. The number of carbonyl (C=O) groups excluding carboxylic acids is 2. The molecule has 1 N–H and O–H groups in total. The van der Waals surface area contributed by atoms with Gasteiger partial charge in [0.25, 0.3) is 5.91 Å². The van der Waals surface area contributed by atoms with Crippen LogP contribution in [0.4, 0.5) is 0 Å². The van der Waals surface area contributed by atoms with Crippen molar-refractivity contribution >= 4 is 23.9 Å². The molecule has 3 rings (SSSR count). The maximum absolute atomic E-state index is 13.0. The second-order valence-electron chi connectivity index (χ2n) is 6.64. The molecule has 1 fully saturated rings. The van der Waals surface area contributed by atoms with Crippen molar-refractivity contribution in [3.8, 4) is 0 Å². The number of nitrogens with zero attached hydrogens (tertiary/aromatic N) is 1. The fourth-order valence-corrected chi connectivity index (χ4v) is 3.37. The first kappa shape index (κ1) is 18.6. The Hall–Kier alpha value is -3.21. The Morgan fingerprint density at radius 3 is 2.30 bits per heavy atom. The number of amides is 2. The van der Waals surface area contributed by atoms with Gasteiger partial charge in [0.2, 0.25) is 5.91 Å².